The molecule has 0 atom stereocenters. The number of benzene rings is 1. The summed E-state index contributed by atoms with van der Waals surface area (Å²) in [5.41, 5.74) is 1.21. The van der Waals surface area contributed by atoms with Gasteiger partial charge in [-0.2, -0.15) is 5.10 Å². The van der Waals surface area contributed by atoms with Crippen molar-refractivity contribution in [1.29, 1.82) is 0 Å². The molecule has 1 aromatic carbocycles. The van der Waals surface area contributed by atoms with Gasteiger partial charge in [-0.25, -0.2) is 4.79 Å². The van der Waals surface area contributed by atoms with E-state index < -0.39 is 5.60 Å². The first kappa shape index (κ1) is 17.6. The van der Waals surface area contributed by atoms with Gasteiger partial charge in [0, 0.05) is 45.7 Å². The first-order valence-corrected chi connectivity index (χ1v) is 9.35. The number of hydrogen-bond donors (Lipinski definition) is 0. The van der Waals surface area contributed by atoms with Crippen LogP contribution in [-0.4, -0.2) is 63.4 Å². The SMILES string of the molecule is Cn1ccc(C(=O)N2CCC3(CC2)CN(CCc2ccccc2)C(=O)O3)n1. The maximum Gasteiger partial charge on any atom is 0.410 e. The van der Waals surface area contributed by atoms with Crippen molar-refractivity contribution in [2.24, 2.45) is 7.05 Å². The molecule has 0 aliphatic carbocycles. The molecule has 3 heterocycles. The molecule has 2 fully saturated rings. The summed E-state index contributed by atoms with van der Waals surface area (Å²) in [6.07, 6.45) is 3.67. The molecule has 2 aromatic rings. The molecule has 4 rings (SSSR count). The third-order valence-electron chi connectivity index (χ3n) is 5.45. The Morgan fingerprint density at radius 2 is 1.93 bits per heavy atom. The molecule has 0 bridgehead atoms. The largest absolute Gasteiger partial charge is 0.441 e. The van der Waals surface area contributed by atoms with Crippen molar-refractivity contribution in [1.82, 2.24) is 19.6 Å². The average molecular weight is 368 g/mol. The third kappa shape index (κ3) is 3.67. The Balaban J connectivity index is 1.33. The molecule has 0 radical (unpaired) electrons. The van der Waals surface area contributed by atoms with Gasteiger partial charge in [0.25, 0.3) is 5.91 Å². The van der Waals surface area contributed by atoms with E-state index in [0.717, 1.165) is 6.42 Å². The van der Waals surface area contributed by atoms with Crippen molar-refractivity contribution in [2.75, 3.05) is 26.2 Å². The number of rotatable bonds is 4. The molecule has 2 amide bonds. The Hall–Kier alpha value is -2.83. The summed E-state index contributed by atoms with van der Waals surface area (Å²) in [7, 11) is 1.80. The zero-order chi connectivity index (χ0) is 18.9. The number of hydrogen-bond acceptors (Lipinski definition) is 4. The van der Waals surface area contributed by atoms with Crippen molar-refractivity contribution in [3.63, 3.8) is 0 Å². The average Bonchev–Trinajstić information content (AvgIpc) is 3.24. The fourth-order valence-electron chi connectivity index (χ4n) is 3.84. The number of ether oxygens (including phenoxy) is 1. The third-order valence-corrected chi connectivity index (χ3v) is 5.45. The van der Waals surface area contributed by atoms with Crippen LogP contribution in [0.5, 0.6) is 0 Å². The summed E-state index contributed by atoms with van der Waals surface area (Å²) in [6, 6.07) is 11.9. The maximum absolute atomic E-state index is 12.5. The van der Waals surface area contributed by atoms with Crippen LogP contribution >= 0.6 is 0 Å². The summed E-state index contributed by atoms with van der Waals surface area (Å²) in [5, 5.41) is 4.18. The van der Waals surface area contributed by atoms with Crippen molar-refractivity contribution in [3.05, 3.63) is 53.9 Å². The van der Waals surface area contributed by atoms with Gasteiger partial charge in [-0.3, -0.25) is 9.48 Å². The van der Waals surface area contributed by atoms with Gasteiger partial charge in [-0.05, 0) is 18.1 Å². The first-order chi connectivity index (χ1) is 13.0. The van der Waals surface area contributed by atoms with E-state index in [2.05, 4.69) is 17.2 Å². The summed E-state index contributed by atoms with van der Waals surface area (Å²) >= 11 is 0. The Bertz CT molecular complexity index is 825. The quantitative estimate of drug-likeness (QED) is 0.829. The Morgan fingerprint density at radius 1 is 1.19 bits per heavy atom. The van der Waals surface area contributed by atoms with Crippen molar-refractivity contribution < 1.29 is 14.3 Å². The lowest BCUT2D eigenvalue weighted by atomic mass is 9.91. The number of piperidine rings is 1. The van der Waals surface area contributed by atoms with E-state index in [1.165, 1.54) is 5.56 Å². The number of carbonyl (C=O) groups is 2. The summed E-state index contributed by atoms with van der Waals surface area (Å²) in [4.78, 5) is 28.4. The normalized spacial score (nSPS) is 18.8. The highest BCUT2D eigenvalue weighted by atomic mass is 16.6. The van der Waals surface area contributed by atoms with E-state index in [0.29, 0.717) is 44.7 Å². The Morgan fingerprint density at radius 3 is 2.59 bits per heavy atom. The van der Waals surface area contributed by atoms with Gasteiger partial charge in [-0.15, -0.1) is 0 Å². The molecule has 0 saturated carbocycles. The highest BCUT2D eigenvalue weighted by Crippen LogP contribution is 2.33. The fourth-order valence-corrected chi connectivity index (χ4v) is 3.84. The van der Waals surface area contributed by atoms with Crippen LogP contribution in [-0.2, 0) is 18.2 Å². The minimum atomic E-state index is -0.464. The van der Waals surface area contributed by atoms with Crippen LogP contribution in [0.2, 0.25) is 0 Å². The van der Waals surface area contributed by atoms with Gasteiger partial charge in [0.2, 0.25) is 0 Å². The minimum absolute atomic E-state index is 0.0595. The second-order valence-corrected chi connectivity index (χ2v) is 7.37. The van der Waals surface area contributed by atoms with Gasteiger partial charge in [0.1, 0.15) is 11.3 Å². The Labute approximate surface area is 158 Å². The molecule has 1 aromatic heterocycles. The predicted molar refractivity (Wildman–Crippen MR) is 99.3 cm³/mol. The number of likely N-dealkylation sites (tertiary alicyclic amines) is 1. The highest BCUT2D eigenvalue weighted by Gasteiger charge is 2.47. The lowest BCUT2D eigenvalue weighted by molar-refractivity contribution is 0.00295. The number of carbonyl (C=O) groups excluding carboxylic acids is 2. The zero-order valence-corrected chi connectivity index (χ0v) is 15.5. The van der Waals surface area contributed by atoms with Crippen LogP contribution in [0.25, 0.3) is 0 Å². The van der Waals surface area contributed by atoms with Crippen LogP contribution in [0, 0.1) is 0 Å². The topological polar surface area (TPSA) is 67.7 Å². The van der Waals surface area contributed by atoms with E-state index >= 15 is 0 Å². The molecule has 2 aliphatic rings. The monoisotopic (exact) mass is 368 g/mol. The zero-order valence-electron chi connectivity index (χ0n) is 15.5. The molecule has 7 heteroatoms. The van der Waals surface area contributed by atoms with Gasteiger partial charge in [0.05, 0.1) is 6.54 Å². The van der Waals surface area contributed by atoms with Gasteiger partial charge in [-0.1, -0.05) is 30.3 Å². The number of nitrogens with zero attached hydrogens (tertiary/aromatic N) is 4. The van der Waals surface area contributed by atoms with E-state index in [1.807, 2.05) is 18.2 Å². The summed E-state index contributed by atoms with van der Waals surface area (Å²) in [6.45, 7) is 2.41. The van der Waals surface area contributed by atoms with Gasteiger partial charge in [0.15, 0.2) is 0 Å². The Kier molecular flexibility index (Phi) is 4.59. The molecule has 2 aliphatic heterocycles. The highest BCUT2D eigenvalue weighted by molar-refractivity contribution is 5.92. The van der Waals surface area contributed by atoms with E-state index in [1.54, 1.807) is 33.8 Å². The van der Waals surface area contributed by atoms with Crippen LogP contribution in [0.15, 0.2) is 42.6 Å². The van der Waals surface area contributed by atoms with Crippen molar-refractivity contribution >= 4 is 12.0 Å². The van der Waals surface area contributed by atoms with Crippen LogP contribution in [0.3, 0.4) is 0 Å². The molecule has 7 nitrogen and oxygen atoms in total. The van der Waals surface area contributed by atoms with E-state index in [-0.39, 0.29) is 12.0 Å². The second kappa shape index (κ2) is 7.06. The molecule has 0 N–H and O–H groups in total. The van der Waals surface area contributed by atoms with E-state index in [9.17, 15) is 9.59 Å². The van der Waals surface area contributed by atoms with Gasteiger partial charge < -0.3 is 14.5 Å². The van der Waals surface area contributed by atoms with Crippen LogP contribution < -0.4 is 0 Å². The molecule has 142 valence electrons. The maximum atomic E-state index is 12.5. The van der Waals surface area contributed by atoms with Crippen LogP contribution in [0.4, 0.5) is 4.79 Å². The first-order valence-electron chi connectivity index (χ1n) is 9.35. The smallest absolute Gasteiger partial charge is 0.410 e. The second-order valence-electron chi connectivity index (χ2n) is 7.37. The van der Waals surface area contributed by atoms with Crippen molar-refractivity contribution in [2.45, 2.75) is 24.9 Å². The van der Waals surface area contributed by atoms with E-state index in [4.69, 9.17) is 4.74 Å². The lowest BCUT2D eigenvalue weighted by Crippen LogP contribution is -2.48. The molecular weight excluding hydrogens is 344 g/mol. The summed E-state index contributed by atoms with van der Waals surface area (Å²) < 4.78 is 7.39. The molecule has 0 unspecified atom stereocenters. The summed E-state index contributed by atoms with van der Waals surface area (Å²) in [5.74, 6) is -0.0595. The van der Waals surface area contributed by atoms with Gasteiger partial charge >= 0.3 is 6.09 Å². The predicted octanol–water partition coefficient (Wildman–Crippen LogP) is 2.09. The molecule has 2 saturated heterocycles. The number of aryl methyl sites for hydroxylation is 1. The fraction of sp³-hybridized carbons (Fsp3) is 0.450. The number of aromatic nitrogens is 2. The molecule has 1 spiro atoms. The van der Waals surface area contributed by atoms with Crippen molar-refractivity contribution in [3.8, 4) is 0 Å². The molecule has 27 heavy (non-hydrogen) atoms. The lowest BCUT2D eigenvalue weighted by Gasteiger charge is -2.37. The molecular formula is C20H24N4O3. The van der Waals surface area contributed by atoms with Crippen LogP contribution in [0.1, 0.15) is 28.9 Å². The number of amides is 2. The standard InChI is InChI=1S/C20H24N4O3/c1-22-11-8-17(21-22)18(25)23-13-9-20(10-14-23)15-24(19(26)27-20)12-7-16-5-3-2-4-6-16/h2-6,8,11H,7,9-10,12-15H2,1H3. The minimum Gasteiger partial charge on any atom is -0.441 e.